The van der Waals surface area contributed by atoms with Crippen molar-refractivity contribution in [2.45, 2.75) is 220 Å². The number of aromatic nitrogens is 7. The molecule has 0 amide bonds. The van der Waals surface area contributed by atoms with Crippen LogP contribution < -0.4 is 11.5 Å². The summed E-state index contributed by atoms with van der Waals surface area (Å²) >= 11 is 0. The molecule has 4 unspecified atom stereocenters. The standard InChI is InChI=1S/C61H99N15O4S2/c1-15-23-29-44(19-5)39-73(40-45(20-6)30-24-16-2)81(77,78)50-35-27-33-48(37-50)67-69-52-54(60(9,10)11)71-75(56(52)62)58-64-43-65-59(66-58)76-57(63)53(55(72-76)61(12,13)14)70-68-49-34-28-36-51(38-49)82(79,80)74(41-46(21-7)31-25-17-3)42-47(22-8)32-26-18-4/h27-28,33-38,43-47H,15-26,29-32,39-42,62-63H2,1-14H3. The van der Waals surface area contributed by atoms with Gasteiger partial charge in [-0.05, 0) is 85.8 Å². The van der Waals surface area contributed by atoms with Crippen LogP contribution in [0.15, 0.2) is 85.1 Å². The molecule has 0 fully saturated rings. The van der Waals surface area contributed by atoms with Crippen molar-refractivity contribution in [3.63, 3.8) is 0 Å². The van der Waals surface area contributed by atoms with E-state index in [0.717, 1.165) is 103 Å². The molecule has 3 aromatic heterocycles. The van der Waals surface area contributed by atoms with Crippen LogP contribution in [0.25, 0.3) is 11.9 Å². The highest BCUT2D eigenvalue weighted by molar-refractivity contribution is 7.89. The number of nitrogens with zero attached hydrogens (tertiary/aromatic N) is 13. The van der Waals surface area contributed by atoms with Crippen molar-refractivity contribution in [3.8, 4) is 11.9 Å². The summed E-state index contributed by atoms with van der Waals surface area (Å²) in [6, 6.07) is 13.2. The maximum Gasteiger partial charge on any atom is 0.257 e. The Kier molecular flexibility index (Phi) is 25.3. The number of unbranched alkanes of at least 4 members (excludes halogenated alkanes) is 4. The van der Waals surface area contributed by atoms with E-state index in [0.29, 0.717) is 48.9 Å². The van der Waals surface area contributed by atoms with Crippen LogP contribution in [0.1, 0.15) is 211 Å². The molecule has 4 atom stereocenters. The van der Waals surface area contributed by atoms with E-state index in [-0.39, 0.29) is 68.4 Å². The summed E-state index contributed by atoms with van der Waals surface area (Å²) in [7, 11) is -7.79. The maximum atomic E-state index is 14.6. The number of anilines is 2. The van der Waals surface area contributed by atoms with Crippen LogP contribution in [0.3, 0.4) is 0 Å². The minimum atomic E-state index is -3.90. The van der Waals surface area contributed by atoms with Gasteiger partial charge in [0.25, 0.3) is 11.9 Å². The third-order valence-corrected chi connectivity index (χ3v) is 19.3. The lowest BCUT2D eigenvalue weighted by Crippen LogP contribution is -2.39. The number of rotatable bonds is 34. The highest BCUT2D eigenvalue weighted by atomic mass is 32.2. The first-order valence-electron chi connectivity index (χ1n) is 30.4. The molecule has 0 saturated carbocycles. The van der Waals surface area contributed by atoms with Crippen LogP contribution in [0.2, 0.25) is 0 Å². The van der Waals surface area contributed by atoms with Gasteiger partial charge in [0.1, 0.15) is 6.33 Å². The van der Waals surface area contributed by atoms with E-state index in [2.05, 4.69) is 85.8 Å². The molecule has 19 nitrogen and oxygen atoms in total. The molecule has 0 radical (unpaired) electrons. The Morgan fingerprint density at radius 2 is 0.817 bits per heavy atom. The lowest BCUT2D eigenvalue weighted by molar-refractivity contribution is 0.270. The summed E-state index contributed by atoms with van der Waals surface area (Å²) in [5, 5.41) is 28.2. The quantitative estimate of drug-likeness (QED) is 0.0366. The number of sulfonamides is 2. The summed E-state index contributed by atoms with van der Waals surface area (Å²) in [5.41, 5.74) is 14.8. The lowest BCUT2D eigenvalue weighted by Gasteiger charge is -2.30. The Labute approximate surface area is 492 Å². The zero-order chi connectivity index (χ0) is 60.4. The molecule has 0 aliphatic carbocycles. The van der Waals surface area contributed by atoms with Crippen LogP contribution >= 0.6 is 0 Å². The van der Waals surface area contributed by atoms with E-state index in [4.69, 9.17) is 26.6 Å². The second kappa shape index (κ2) is 30.9. The van der Waals surface area contributed by atoms with Gasteiger partial charge in [-0.2, -0.15) is 53.4 Å². The highest BCUT2D eigenvalue weighted by Gasteiger charge is 2.33. The van der Waals surface area contributed by atoms with E-state index in [1.807, 2.05) is 41.5 Å². The number of hydrogen-bond donors (Lipinski definition) is 2. The summed E-state index contributed by atoms with van der Waals surface area (Å²) in [6.45, 7) is 30.9. The maximum absolute atomic E-state index is 14.6. The van der Waals surface area contributed by atoms with Crippen molar-refractivity contribution in [1.82, 2.24) is 43.1 Å². The summed E-state index contributed by atoms with van der Waals surface area (Å²) < 4.78 is 64.7. The van der Waals surface area contributed by atoms with Crippen LogP contribution in [0.4, 0.5) is 34.4 Å². The summed E-state index contributed by atoms with van der Waals surface area (Å²) in [6.07, 6.45) is 17.3. The van der Waals surface area contributed by atoms with Gasteiger partial charge in [-0.25, -0.2) is 16.8 Å². The normalized spacial score (nSPS) is 14.4. The molecule has 0 saturated heterocycles. The second-order valence-corrected chi connectivity index (χ2v) is 28.2. The van der Waals surface area contributed by atoms with E-state index >= 15 is 0 Å². The highest BCUT2D eigenvalue weighted by Crippen LogP contribution is 2.40. The minimum absolute atomic E-state index is 0.0463. The Morgan fingerprint density at radius 1 is 0.500 bits per heavy atom. The molecule has 3 heterocycles. The van der Waals surface area contributed by atoms with Crippen molar-refractivity contribution in [2.24, 2.45) is 44.1 Å². The molecule has 82 heavy (non-hydrogen) atoms. The predicted molar refractivity (Wildman–Crippen MR) is 332 cm³/mol. The third-order valence-electron chi connectivity index (χ3n) is 15.6. The van der Waals surface area contributed by atoms with Gasteiger partial charge in [0.15, 0.2) is 23.0 Å². The Morgan fingerprint density at radius 3 is 1.10 bits per heavy atom. The second-order valence-electron chi connectivity index (χ2n) is 24.3. The molecule has 454 valence electrons. The fourth-order valence-electron chi connectivity index (χ4n) is 10.1. The number of nitrogen functional groups attached to an aromatic ring is 2. The van der Waals surface area contributed by atoms with Crippen LogP contribution in [0.5, 0.6) is 0 Å². The number of azo groups is 2. The van der Waals surface area contributed by atoms with Crippen molar-refractivity contribution >= 4 is 54.4 Å². The van der Waals surface area contributed by atoms with Gasteiger partial charge in [-0.15, -0.1) is 10.2 Å². The van der Waals surface area contributed by atoms with Gasteiger partial charge in [-0.1, -0.05) is 186 Å². The minimum Gasteiger partial charge on any atom is -0.382 e. The van der Waals surface area contributed by atoms with E-state index in [1.165, 1.54) is 15.7 Å². The van der Waals surface area contributed by atoms with Gasteiger partial charge < -0.3 is 11.5 Å². The molecule has 21 heteroatoms. The molecule has 0 aliphatic heterocycles. The summed E-state index contributed by atoms with van der Waals surface area (Å²) in [4.78, 5) is 14.0. The van der Waals surface area contributed by atoms with Crippen molar-refractivity contribution < 1.29 is 16.8 Å². The first-order chi connectivity index (χ1) is 38.9. The van der Waals surface area contributed by atoms with Gasteiger partial charge in [-0.3, -0.25) is 0 Å². The summed E-state index contributed by atoms with van der Waals surface area (Å²) in [5.74, 6) is 1.28. The lowest BCUT2D eigenvalue weighted by atomic mass is 9.91. The number of nitrogens with two attached hydrogens (primary N) is 2. The van der Waals surface area contributed by atoms with Gasteiger partial charge in [0.2, 0.25) is 20.0 Å². The number of benzene rings is 2. The Balaban J connectivity index is 1.50. The third kappa shape index (κ3) is 17.8. The van der Waals surface area contributed by atoms with Gasteiger partial charge >= 0.3 is 0 Å². The number of hydrogen-bond acceptors (Lipinski definition) is 15. The van der Waals surface area contributed by atoms with Crippen molar-refractivity contribution in [3.05, 3.63) is 66.2 Å². The molecule has 2 aromatic carbocycles. The molecule has 5 rings (SSSR count). The smallest absolute Gasteiger partial charge is 0.257 e. The SMILES string of the molecule is CCCCC(CC)CN(CC(CC)CCCC)S(=O)(=O)c1cccc(N=Nc2c(C(C)(C)C)nn(-c3ncnc(-n4nc(C(C)(C)C)c(N=Nc5cccc(S(=O)(=O)N(CC(CC)CCCC)CC(CC)CCCC)c5)c4N)n3)c2N)c1. The fourth-order valence-corrected chi connectivity index (χ4v) is 13.4. The van der Waals surface area contributed by atoms with Crippen LogP contribution in [0, 0.1) is 23.7 Å². The van der Waals surface area contributed by atoms with E-state index < -0.39 is 30.9 Å². The monoisotopic (exact) mass is 1170 g/mol. The van der Waals surface area contributed by atoms with Crippen molar-refractivity contribution in [2.75, 3.05) is 37.6 Å². The Bertz CT molecular complexity index is 2850. The topological polar surface area (TPSA) is 251 Å². The van der Waals surface area contributed by atoms with Crippen molar-refractivity contribution in [1.29, 1.82) is 0 Å². The largest absolute Gasteiger partial charge is 0.382 e. The molecule has 0 bridgehead atoms. The van der Waals surface area contributed by atoms with Crippen LogP contribution in [-0.4, -0.2) is 86.1 Å². The zero-order valence-electron chi connectivity index (χ0n) is 52.1. The molecular weight excluding hydrogens is 1070 g/mol. The van der Waals surface area contributed by atoms with Crippen LogP contribution in [-0.2, 0) is 30.9 Å². The zero-order valence-corrected chi connectivity index (χ0v) is 53.7. The molecular formula is C61H99N15O4S2. The fraction of sp³-hybridized carbons (Fsp3) is 0.656. The molecule has 0 aliphatic rings. The first kappa shape index (κ1) is 67.3. The average molecular weight is 1170 g/mol. The molecule has 4 N–H and O–H groups in total. The Hall–Kier alpha value is -5.51. The molecule has 5 aromatic rings. The van der Waals surface area contributed by atoms with E-state index in [1.54, 1.807) is 57.1 Å². The van der Waals surface area contributed by atoms with E-state index in [9.17, 15) is 16.8 Å². The average Bonchev–Trinajstić information content (AvgIpc) is 3.95. The van der Waals surface area contributed by atoms with Gasteiger partial charge in [0, 0.05) is 37.0 Å². The molecule has 0 spiro atoms. The van der Waals surface area contributed by atoms with Gasteiger partial charge in [0.05, 0.1) is 32.6 Å². The predicted octanol–water partition coefficient (Wildman–Crippen LogP) is 15.7. The first-order valence-corrected chi connectivity index (χ1v) is 33.3.